The van der Waals surface area contributed by atoms with Crippen LogP contribution >= 0.6 is 0 Å². The van der Waals surface area contributed by atoms with E-state index >= 15 is 0 Å². The third-order valence-corrected chi connectivity index (χ3v) is 4.85. The maximum absolute atomic E-state index is 3.49. The van der Waals surface area contributed by atoms with Gasteiger partial charge in [0.15, 0.2) is 0 Å². The molecule has 3 rings (SSSR count). The lowest BCUT2D eigenvalue weighted by Gasteiger charge is -2.38. The first kappa shape index (κ1) is 13.1. The van der Waals surface area contributed by atoms with Crippen LogP contribution in [-0.4, -0.2) is 31.1 Å². The van der Waals surface area contributed by atoms with Crippen LogP contribution in [-0.2, 0) is 13.0 Å². The third-order valence-electron chi connectivity index (χ3n) is 4.85. The number of piperidine rings is 1. The highest BCUT2D eigenvalue weighted by Crippen LogP contribution is 2.30. The Balaban J connectivity index is 1.69. The molecule has 0 bridgehead atoms. The van der Waals surface area contributed by atoms with Crippen LogP contribution in [0.1, 0.15) is 37.3 Å². The molecule has 2 heterocycles. The minimum absolute atomic E-state index is 0.518. The molecular weight excluding hydrogens is 232 g/mol. The molecule has 1 fully saturated rings. The summed E-state index contributed by atoms with van der Waals surface area (Å²) in [5.41, 5.74) is 3.64. The quantitative estimate of drug-likeness (QED) is 0.877. The van der Waals surface area contributed by atoms with Crippen LogP contribution in [0.2, 0.25) is 0 Å². The van der Waals surface area contributed by atoms with E-state index in [4.69, 9.17) is 0 Å². The molecule has 2 heteroatoms. The van der Waals surface area contributed by atoms with Crippen LogP contribution in [0.5, 0.6) is 0 Å². The number of aryl methyl sites for hydroxylation is 1. The van der Waals surface area contributed by atoms with E-state index in [1.54, 1.807) is 11.1 Å². The maximum Gasteiger partial charge on any atom is 0.0236 e. The SMILES string of the molecule is CC1(CN2CCCc3ccccc3C2)CCNCC1. The van der Waals surface area contributed by atoms with E-state index in [9.17, 15) is 0 Å². The van der Waals surface area contributed by atoms with Crippen molar-refractivity contribution in [2.24, 2.45) is 5.41 Å². The molecule has 1 N–H and O–H groups in total. The second-order valence-corrected chi connectivity index (χ2v) is 6.64. The van der Waals surface area contributed by atoms with Crippen LogP contribution in [0, 0.1) is 5.41 Å². The van der Waals surface area contributed by atoms with Gasteiger partial charge >= 0.3 is 0 Å². The summed E-state index contributed by atoms with van der Waals surface area (Å²) < 4.78 is 0. The maximum atomic E-state index is 3.49. The van der Waals surface area contributed by atoms with E-state index in [1.165, 1.54) is 51.9 Å². The lowest BCUT2D eigenvalue weighted by molar-refractivity contribution is 0.124. The fourth-order valence-electron chi connectivity index (χ4n) is 3.63. The molecule has 19 heavy (non-hydrogen) atoms. The van der Waals surface area contributed by atoms with Crippen molar-refractivity contribution < 1.29 is 0 Å². The van der Waals surface area contributed by atoms with E-state index in [1.807, 2.05) is 0 Å². The molecule has 1 saturated heterocycles. The number of nitrogens with one attached hydrogen (secondary N) is 1. The fourth-order valence-corrected chi connectivity index (χ4v) is 3.63. The number of fused-ring (bicyclic) bond motifs is 1. The molecule has 2 aliphatic heterocycles. The van der Waals surface area contributed by atoms with Gasteiger partial charge in [0.25, 0.3) is 0 Å². The molecule has 104 valence electrons. The molecule has 1 aromatic rings. The highest BCUT2D eigenvalue weighted by atomic mass is 15.1. The number of hydrogen-bond acceptors (Lipinski definition) is 2. The molecule has 0 aliphatic carbocycles. The third kappa shape index (κ3) is 3.18. The Labute approximate surface area is 117 Å². The van der Waals surface area contributed by atoms with Gasteiger partial charge < -0.3 is 5.32 Å². The molecular formula is C17H26N2. The van der Waals surface area contributed by atoms with Crippen LogP contribution in [0.4, 0.5) is 0 Å². The lowest BCUT2D eigenvalue weighted by atomic mass is 9.80. The van der Waals surface area contributed by atoms with Gasteiger partial charge in [-0.1, -0.05) is 31.2 Å². The van der Waals surface area contributed by atoms with Crippen molar-refractivity contribution in [3.63, 3.8) is 0 Å². The van der Waals surface area contributed by atoms with Gasteiger partial charge in [0.2, 0.25) is 0 Å². The van der Waals surface area contributed by atoms with E-state index in [-0.39, 0.29) is 0 Å². The van der Waals surface area contributed by atoms with E-state index in [0.717, 1.165) is 6.54 Å². The molecule has 0 aromatic heterocycles. The standard InChI is InChI=1S/C17H26N2/c1-17(8-10-18-11-9-17)14-19-12-4-7-15-5-2-3-6-16(15)13-19/h2-3,5-6,18H,4,7-14H2,1H3. The zero-order chi connectivity index (χ0) is 13.1. The predicted molar refractivity (Wildman–Crippen MR) is 80.3 cm³/mol. The summed E-state index contributed by atoms with van der Waals surface area (Å²) in [5, 5.41) is 3.49. The first-order valence-corrected chi connectivity index (χ1v) is 7.75. The first-order chi connectivity index (χ1) is 9.25. The van der Waals surface area contributed by atoms with Crippen LogP contribution < -0.4 is 5.32 Å². The van der Waals surface area contributed by atoms with Gasteiger partial charge in [-0.05, 0) is 61.9 Å². The Kier molecular flexibility index (Phi) is 3.90. The topological polar surface area (TPSA) is 15.3 Å². The minimum Gasteiger partial charge on any atom is -0.317 e. The lowest BCUT2D eigenvalue weighted by Crippen LogP contribution is -2.42. The van der Waals surface area contributed by atoms with Gasteiger partial charge in [-0.3, -0.25) is 4.90 Å². The van der Waals surface area contributed by atoms with Crippen molar-refractivity contribution in [2.75, 3.05) is 26.2 Å². The number of benzene rings is 1. The summed E-state index contributed by atoms with van der Waals surface area (Å²) in [4.78, 5) is 2.69. The molecule has 2 aliphatic rings. The molecule has 0 radical (unpaired) electrons. The van der Waals surface area contributed by atoms with Crippen molar-refractivity contribution in [3.05, 3.63) is 35.4 Å². The average Bonchev–Trinajstić information content (AvgIpc) is 2.60. The Hall–Kier alpha value is -0.860. The number of nitrogens with zero attached hydrogens (tertiary/aromatic N) is 1. The average molecular weight is 258 g/mol. The molecule has 1 aromatic carbocycles. The van der Waals surface area contributed by atoms with Gasteiger partial charge in [0.1, 0.15) is 0 Å². The zero-order valence-electron chi connectivity index (χ0n) is 12.1. The second-order valence-electron chi connectivity index (χ2n) is 6.64. The Morgan fingerprint density at radius 3 is 2.68 bits per heavy atom. The van der Waals surface area contributed by atoms with Gasteiger partial charge in [0, 0.05) is 13.1 Å². The minimum atomic E-state index is 0.518. The highest BCUT2D eigenvalue weighted by molar-refractivity contribution is 5.28. The van der Waals surface area contributed by atoms with Crippen LogP contribution in [0.3, 0.4) is 0 Å². The van der Waals surface area contributed by atoms with E-state index in [2.05, 4.69) is 41.4 Å². The van der Waals surface area contributed by atoms with Gasteiger partial charge in [-0.25, -0.2) is 0 Å². The Morgan fingerprint density at radius 1 is 1.16 bits per heavy atom. The number of rotatable bonds is 2. The number of hydrogen-bond donors (Lipinski definition) is 1. The van der Waals surface area contributed by atoms with Gasteiger partial charge in [-0.2, -0.15) is 0 Å². The molecule has 0 atom stereocenters. The zero-order valence-corrected chi connectivity index (χ0v) is 12.1. The van der Waals surface area contributed by atoms with E-state index in [0.29, 0.717) is 5.41 Å². The molecule has 0 spiro atoms. The summed E-state index contributed by atoms with van der Waals surface area (Å²) in [7, 11) is 0. The molecule has 0 amide bonds. The van der Waals surface area contributed by atoms with Gasteiger partial charge in [-0.15, -0.1) is 0 Å². The largest absolute Gasteiger partial charge is 0.317 e. The van der Waals surface area contributed by atoms with Crippen molar-refractivity contribution >= 4 is 0 Å². The second kappa shape index (κ2) is 5.64. The van der Waals surface area contributed by atoms with Crippen molar-refractivity contribution in [2.45, 2.75) is 39.2 Å². The predicted octanol–water partition coefficient (Wildman–Crippen LogP) is 2.82. The fraction of sp³-hybridized carbons (Fsp3) is 0.647. The van der Waals surface area contributed by atoms with Crippen LogP contribution in [0.15, 0.2) is 24.3 Å². The van der Waals surface area contributed by atoms with Crippen molar-refractivity contribution in [1.29, 1.82) is 0 Å². The van der Waals surface area contributed by atoms with Crippen LogP contribution in [0.25, 0.3) is 0 Å². The molecule has 0 saturated carbocycles. The molecule has 2 nitrogen and oxygen atoms in total. The first-order valence-electron chi connectivity index (χ1n) is 7.75. The summed E-state index contributed by atoms with van der Waals surface area (Å²) >= 11 is 0. The summed E-state index contributed by atoms with van der Waals surface area (Å²) in [6.07, 6.45) is 5.21. The summed E-state index contributed by atoms with van der Waals surface area (Å²) in [6, 6.07) is 9.00. The summed E-state index contributed by atoms with van der Waals surface area (Å²) in [6.45, 7) is 8.55. The van der Waals surface area contributed by atoms with Crippen molar-refractivity contribution in [3.8, 4) is 0 Å². The molecule has 0 unspecified atom stereocenters. The highest BCUT2D eigenvalue weighted by Gasteiger charge is 2.29. The Morgan fingerprint density at radius 2 is 1.89 bits per heavy atom. The smallest absolute Gasteiger partial charge is 0.0236 e. The summed E-state index contributed by atoms with van der Waals surface area (Å²) in [5.74, 6) is 0. The monoisotopic (exact) mass is 258 g/mol. The van der Waals surface area contributed by atoms with Crippen molar-refractivity contribution in [1.82, 2.24) is 10.2 Å². The van der Waals surface area contributed by atoms with E-state index < -0.39 is 0 Å². The normalized spacial score (nSPS) is 23.6. The Bertz CT molecular complexity index is 421. The van der Waals surface area contributed by atoms with Gasteiger partial charge in [0.05, 0.1) is 0 Å².